The van der Waals surface area contributed by atoms with E-state index < -0.39 is 0 Å². The van der Waals surface area contributed by atoms with Crippen LogP contribution in [0.4, 0.5) is 11.9 Å². The number of anilines is 2. The first kappa shape index (κ1) is 8.31. The number of nitrogens with zero attached hydrogens (tertiary/aromatic N) is 3. The topological polar surface area (TPSA) is 96.8 Å². The van der Waals surface area contributed by atoms with Crippen LogP contribution in [0.3, 0.4) is 0 Å². The van der Waals surface area contributed by atoms with Gasteiger partial charge in [-0.3, -0.25) is 0 Å². The highest BCUT2D eigenvalue weighted by Crippen LogP contribution is 2.14. The average Bonchev–Trinajstić information content (AvgIpc) is 2.53. The van der Waals surface area contributed by atoms with Crippen LogP contribution in [0.5, 0.6) is 0 Å². The van der Waals surface area contributed by atoms with Gasteiger partial charge in [-0.1, -0.05) is 0 Å². The highest BCUT2D eigenvalue weighted by molar-refractivity contribution is 5.34. The van der Waals surface area contributed by atoms with Gasteiger partial charge in [-0.2, -0.15) is 4.98 Å². The number of piperidine rings is 1. The highest BCUT2D eigenvalue weighted by Gasteiger charge is 2.18. The molecule has 0 unspecified atom stereocenters. The molecule has 13 heavy (non-hydrogen) atoms. The maximum Gasteiger partial charge on any atom is 0.246 e. The molecule has 1 aromatic rings. The zero-order valence-electron chi connectivity index (χ0n) is 7.40. The highest BCUT2D eigenvalue weighted by atomic mass is 15.4. The van der Waals surface area contributed by atoms with E-state index in [0.717, 1.165) is 25.9 Å². The summed E-state index contributed by atoms with van der Waals surface area (Å²) in [6.07, 6.45) is 1.99. The van der Waals surface area contributed by atoms with Gasteiger partial charge in [0.25, 0.3) is 0 Å². The monoisotopic (exact) mass is 182 g/mol. The van der Waals surface area contributed by atoms with Crippen molar-refractivity contribution >= 4 is 11.9 Å². The van der Waals surface area contributed by atoms with Crippen LogP contribution >= 0.6 is 0 Å². The van der Waals surface area contributed by atoms with Crippen LogP contribution in [-0.4, -0.2) is 34.3 Å². The van der Waals surface area contributed by atoms with Crippen LogP contribution in [-0.2, 0) is 0 Å². The fourth-order valence-corrected chi connectivity index (χ4v) is 1.51. The van der Waals surface area contributed by atoms with Crippen molar-refractivity contribution in [2.24, 2.45) is 5.73 Å². The van der Waals surface area contributed by atoms with Gasteiger partial charge < -0.3 is 16.4 Å². The van der Waals surface area contributed by atoms with Crippen LogP contribution in [0.15, 0.2) is 0 Å². The Labute approximate surface area is 76.3 Å². The number of hydrogen-bond acceptors (Lipinski definition) is 5. The van der Waals surface area contributed by atoms with Crippen LogP contribution in [0.1, 0.15) is 12.8 Å². The summed E-state index contributed by atoms with van der Waals surface area (Å²) in [5, 5.41) is 6.61. The van der Waals surface area contributed by atoms with Crippen LogP contribution in [0.2, 0.25) is 0 Å². The van der Waals surface area contributed by atoms with E-state index in [1.54, 1.807) is 0 Å². The van der Waals surface area contributed by atoms with E-state index in [4.69, 9.17) is 11.5 Å². The van der Waals surface area contributed by atoms with E-state index in [1.165, 1.54) is 0 Å². The first-order valence-corrected chi connectivity index (χ1v) is 4.44. The molecule has 6 heteroatoms. The minimum absolute atomic E-state index is 0.326. The third kappa shape index (κ3) is 1.72. The molecule has 2 rings (SSSR count). The zero-order valence-corrected chi connectivity index (χ0v) is 7.40. The van der Waals surface area contributed by atoms with Crippen molar-refractivity contribution in [3.05, 3.63) is 0 Å². The van der Waals surface area contributed by atoms with Gasteiger partial charge in [0.15, 0.2) is 0 Å². The van der Waals surface area contributed by atoms with E-state index in [9.17, 15) is 0 Å². The summed E-state index contributed by atoms with van der Waals surface area (Å²) in [5.41, 5.74) is 11.2. The summed E-state index contributed by atoms with van der Waals surface area (Å²) in [7, 11) is 0. The molecule has 0 aliphatic carbocycles. The Kier molecular flexibility index (Phi) is 2.05. The maximum absolute atomic E-state index is 5.78. The van der Waals surface area contributed by atoms with Crippen molar-refractivity contribution in [1.82, 2.24) is 15.2 Å². The fraction of sp³-hybridized carbons (Fsp3) is 0.714. The van der Waals surface area contributed by atoms with Crippen molar-refractivity contribution in [3.8, 4) is 0 Å². The molecule has 0 amide bonds. The lowest BCUT2D eigenvalue weighted by Crippen LogP contribution is -2.40. The van der Waals surface area contributed by atoms with Crippen LogP contribution < -0.4 is 16.4 Å². The Balaban J connectivity index is 2.02. The summed E-state index contributed by atoms with van der Waals surface area (Å²) in [4.78, 5) is 6.15. The minimum Gasteiger partial charge on any atom is -0.368 e. The Morgan fingerprint density at radius 2 is 2.08 bits per heavy atom. The van der Waals surface area contributed by atoms with Gasteiger partial charge in [-0.25, -0.2) is 5.10 Å². The summed E-state index contributed by atoms with van der Waals surface area (Å²) in [5.74, 6) is 1.05. The van der Waals surface area contributed by atoms with Gasteiger partial charge in [0.2, 0.25) is 11.9 Å². The second-order valence-corrected chi connectivity index (χ2v) is 3.35. The fourth-order valence-electron chi connectivity index (χ4n) is 1.51. The second-order valence-electron chi connectivity index (χ2n) is 3.35. The first-order valence-electron chi connectivity index (χ1n) is 4.44. The summed E-state index contributed by atoms with van der Waals surface area (Å²) in [6.45, 7) is 1.83. The lowest BCUT2D eigenvalue weighted by atomic mass is 10.1. The smallest absolute Gasteiger partial charge is 0.246 e. The van der Waals surface area contributed by atoms with Gasteiger partial charge in [0, 0.05) is 19.1 Å². The first-order chi connectivity index (χ1) is 6.25. The Morgan fingerprint density at radius 3 is 2.62 bits per heavy atom. The molecular formula is C7H14N6. The predicted molar refractivity (Wildman–Crippen MR) is 50.2 cm³/mol. The average molecular weight is 182 g/mol. The van der Waals surface area contributed by atoms with Crippen molar-refractivity contribution in [1.29, 1.82) is 0 Å². The quantitative estimate of drug-likeness (QED) is 0.534. The predicted octanol–water partition coefficient (Wildman–Crippen LogP) is -0.686. The van der Waals surface area contributed by atoms with E-state index in [0.29, 0.717) is 17.9 Å². The molecule has 72 valence electrons. The molecule has 0 radical (unpaired) electrons. The Morgan fingerprint density at radius 1 is 1.38 bits per heavy atom. The van der Waals surface area contributed by atoms with E-state index in [-0.39, 0.29) is 0 Å². The summed E-state index contributed by atoms with van der Waals surface area (Å²) in [6, 6.07) is 0.326. The van der Waals surface area contributed by atoms with Crippen molar-refractivity contribution in [3.63, 3.8) is 0 Å². The molecular weight excluding hydrogens is 168 g/mol. The second kappa shape index (κ2) is 3.21. The number of nitrogens with two attached hydrogens (primary N) is 2. The molecule has 0 spiro atoms. The standard InChI is InChI=1S/C7H14N6/c8-5-1-3-13(4-2-5)7-10-6(9)11-12-7/h5H,1-4,8H2,(H3,9,10,11,12). The molecule has 0 bridgehead atoms. The summed E-state index contributed by atoms with van der Waals surface area (Å²) >= 11 is 0. The van der Waals surface area contributed by atoms with Crippen molar-refractivity contribution in [2.45, 2.75) is 18.9 Å². The number of nitrogen functional groups attached to an aromatic ring is 1. The van der Waals surface area contributed by atoms with Crippen molar-refractivity contribution in [2.75, 3.05) is 23.7 Å². The lowest BCUT2D eigenvalue weighted by Gasteiger charge is -2.28. The molecule has 1 aromatic heterocycles. The van der Waals surface area contributed by atoms with E-state index >= 15 is 0 Å². The molecule has 5 N–H and O–H groups in total. The molecule has 0 saturated carbocycles. The molecule has 1 aliphatic rings. The Hall–Kier alpha value is -1.30. The van der Waals surface area contributed by atoms with Crippen LogP contribution in [0, 0.1) is 0 Å². The zero-order chi connectivity index (χ0) is 9.26. The van der Waals surface area contributed by atoms with Gasteiger partial charge in [-0.15, -0.1) is 5.10 Å². The normalized spacial score (nSPS) is 19.3. The Bertz CT molecular complexity index is 274. The van der Waals surface area contributed by atoms with Gasteiger partial charge in [0.05, 0.1) is 0 Å². The molecule has 1 fully saturated rings. The molecule has 1 aliphatic heterocycles. The molecule has 0 aromatic carbocycles. The number of nitrogens with one attached hydrogen (secondary N) is 1. The van der Waals surface area contributed by atoms with Gasteiger partial charge in [-0.05, 0) is 12.8 Å². The molecule has 1 saturated heterocycles. The lowest BCUT2D eigenvalue weighted by molar-refractivity contribution is 0.496. The van der Waals surface area contributed by atoms with E-state index in [1.807, 2.05) is 0 Å². The molecule has 6 nitrogen and oxygen atoms in total. The number of aromatic amines is 1. The third-order valence-corrected chi connectivity index (χ3v) is 2.31. The number of rotatable bonds is 1. The summed E-state index contributed by atoms with van der Waals surface area (Å²) < 4.78 is 0. The third-order valence-electron chi connectivity index (χ3n) is 2.31. The van der Waals surface area contributed by atoms with Gasteiger partial charge >= 0.3 is 0 Å². The maximum atomic E-state index is 5.78. The van der Waals surface area contributed by atoms with Crippen LogP contribution in [0.25, 0.3) is 0 Å². The number of hydrogen-bond donors (Lipinski definition) is 3. The number of H-pyrrole nitrogens is 1. The molecule has 2 heterocycles. The SMILES string of the molecule is Nc1nc(N2CCC(N)CC2)n[nH]1. The van der Waals surface area contributed by atoms with Crippen molar-refractivity contribution < 1.29 is 0 Å². The van der Waals surface area contributed by atoms with Gasteiger partial charge in [0.1, 0.15) is 0 Å². The largest absolute Gasteiger partial charge is 0.368 e. The minimum atomic E-state index is 0.326. The number of aromatic nitrogens is 3. The molecule has 0 atom stereocenters. The van der Waals surface area contributed by atoms with E-state index in [2.05, 4.69) is 20.1 Å².